The summed E-state index contributed by atoms with van der Waals surface area (Å²) < 4.78 is 5.96. The van der Waals surface area contributed by atoms with E-state index in [2.05, 4.69) is 13.8 Å². The van der Waals surface area contributed by atoms with E-state index in [1.165, 1.54) is 173 Å². The Bertz CT molecular complexity index is 619. The third kappa shape index (κ3) is 37.4. The molecule has 0 aliphatic rings. The molecule has 0 aliphatic carbocycles. The van der Waals surface area contributed by atoms with Crippen molar-refractivity contribution in [3.05, 3.63) is 0 Å². The Balaban J connectivity index is 3.85. The summed E-state index contributed by atoms with van der Waals surface area (Å²) in [6.45, 7) is 4.57. The Morgan fingerprint density at radius 1 is 0.391 bits per heavy atom. The number of carboxylic acid groups (broad SMARTS) is 1. The lowest BCUT2D eigenvalue weighted by atomic mass is 10.0. The van der Waals surface area contributed by atoms with Crippen molar-refractivity contribution in [2.45, 2.75) is 258 Å². The Kier molecular flexibility index (Phi) is 37.5. The molecule has 0 bridgehead atoms. The van der Waals surface area contributed by atoms with E-state index in [4.69, 9.17) is 9.84 Å². The fourth-order valence-electron chi connectivity index (χ4n) is 6.72. The topological polar surface area (TPSA) is 63.6 Å². The smallest absolute Gasteiger partial charge is 0.306 e. The Morgan fingerprint density at radius 3 is 0.978 bits per heavy atom. The van der Waals surface area contributed by atoms with Crippen LogP contribution in [0.25, 0.3) is 0 Å². The summed E-state index contributed by atoms with van der Waals surface area (Å²) in [5, 5.41) is 8.90. The number of hydrogen-bond acceptors (Lipinski definition) is 3. The summed E-state index contributed by atoms with van der Waals surface area (Å²) in [6, 6.07) is 0. The molecule has 4 heteroatoms. The van der Waals surface area contributed by atoms with Crippen molar-refractivity contribution < 1.29 is 19.4 Å². The van der Waals surface area contributed by atoms with Crippen LogP contribution in [-0.4, -0.2) is 23.1 Å². The molecule has 0 fully saturated rings. The zero-order chi connectivity index (χ0) is 33.6. The van der Waals surface area contributed by atoms with E-state index >= 15 is 0 Å². The Labute approximate surface area is 288 Å². The summed E-state index contributed by atoms with van der Waals surface area (Å²) in [5.41, 5.74) is 0. The van der Waals surface area contributed by atoms with Crippen LogP contribution in [0.3, 0.4) is 0 Å². The number of aliphatic carboxylic acids is 1. The van der Waals surface area contributed by atoms with E-state index in [0.717, 1.165) is 44.9 Å². The maximum absolute atomic E-state index is 12.6. The number of unbranched alkanes of at least 4 members (excludes halogenated alkanes) is 30. The Morgan fingerprint density at radius 2 is 0.652 bits per heavy atom. The highest BCUT2D eigenvalue weighted by Gasteiger charge is 2.14. The summed E-state index contributed by atoms with van der Waals surface area (Å²) >= 11 is 0. The van der Waals surface area contributed by atoms with Gasteiger partial charge in [0.2, 0.25) is 0 Å². The molecule has 0 radical (unpaired) electrons. The normalized spacial score (nSPS) is 12.0. The van der Waals surface area contributed by atoms with Gasteiger partial charge in [0.25, 0.3) is 0 Å². The van der Waals surface area contributed by atoms with Crippen LogP contribution < -0.4 is 0 Å². The molecule has 0 spiro atoms. The SMILES string of the molecule is CCCCCCCCCCCCCCCCCCCC(=O)OC(CCCCCCCCCCCCCCC)CCCCCC(=O)O. The van der Waals surface area contributed by atoms with Crippen molar-refractivity contribution in [3.8, 4) is 0 Å². The third-order valence-corrected chi connectivity index (χ3v) is 9.83. The van der Waals surface area contributed by atoms with E-state index in [-0.39, 0.29) is 18.5 Å². The molecule has 0 saturated heterocycles. The second-order valence-electron chi connectivity index (χ2n) is 14.5. The number of carbonyl (C=O) groups excluding carboxylic acids is 1. The van der Waals surface area contributed by atoms with Crippen LogP contribution in [0.4, 0.5) is 0 Å². The van der Waals surface area contributed by atoms with Crippen LogP contribution in [0, 0.1) is 0 Å². The van der Waals surface area contributed by atoms with Crippen LogP contribution in [-0.2, 0) is 14.3 Å². The number of rotatable bonds is 39. The lowest BCUT2D eigenvalue weighted by Crippen LogP contribution is -2.18. The summed E-state index contributed by atoms with van der Waals surface area (Å²) in [6.07, 6.45) is 45.5. The molecule has 0 aromatic carbocycles. The summed E-state index contributed by atoms with van der Waals surface area (Å²) in [7, 11) is 0. The maximum atomic E-state index is 12.6. The van der Waals surface area contributed by atoms with Gasteiger partial charge < -0.3 is 9.84 Å². The quantitative estimate of drug-likeness (QED) is 0.0531. The molecule has 1 unspecified atom stereocenters. The molecule has 0 aromatic heterocycles. The minimum Gasteiger partial charge on any atom is -0.481 e. The van der Waals surface area contributed by atoms with Gasteiger partial charge in [0.15, 0.2) is 0 Å². The van der Waals surface area contributed by atoms with Gasteiger partial charge in [-0.3, -0.25) is 9.59 Å². The number of carboxylic acids is 1. The lowest BCUT2D eigenvalue weighted by Gasteiger charge is -2.18. The lowest BCUT2D eigenvalue weighted by molar-refractivity contribution is -0.150. The second kappa shape index (κ2) is 38.4. The predicted octanol–water partition coefficient (Wildman–Crippen LogP) is 14.5. The fraction of sp³-hybridized carbons (Fsp3) is 0.952. The minimum absolute atomic E-state index is 0.0100. The molecule has 0 rings (SSSR count). The van der Waals surface area contributed by atoms with Gasteiger partial charge in [-0.1, -0.05) is 200 Å². The van der Waals surface area contributed by atoms with Crippen molar-refractivity contribution >= 4 is 11.9 Å². The number of ether oxygens (including phenoxy) is 1. The molecular formula is C42H82O4. The molecule has 4 nitrogen and oxygen atoms in total. The first-order valence-electron chi connectivity index (χ1n) is 21.0. The molecule has 0 aliphatic heterocycles. The van der Waals surface area contributed by atoms with Crippen LogP contribution in [0.2, 0.25) is 0 Å². The maximum Gasteiger partial charge on any atom is 0.306 e. The predicted molar refractivity (Wildman–Crippen MR) is 200 cm³/mol. The van der Waals surface area contributed by atoms with Crippen molar-refractivity contribution in [3.63, 3.8) is 0 Å². The molecule has 1 atom stereocenters. The second-order valence-corrected chi connectivity index (χ2v) is 14.5. The number of esters is 1. The van der Waals surface area contributed by atoms with E-state index < -0.39 is 5.97 Å². The van der Waals surface area contributed by atoms with Gasteiger partial charge in [0.1, 0.15) is 6.10 Å². The molecule has 46 heavy (non-hydrogen) atoms. The van der Waals surface area contributed by atoms with Crippen LogP contribution >= 0.6 is 0 Å². The van der Waals surface area contributed by atoms with Crippen LogP contribution in [0.1, 0.15) is 251 Å². The molecule has 0 saturated carbocycles. The standard InChI is InChI=1S/C42H82O4/c1-3-5-7-9-11-13-15-17-18-19-20-22-24-26-28-30-35-39-42(45)46-40(37-33-31-34-38-41(43)44)36-32-29-27-25-23-21-16-14-12-10-8-6-4-2/h40H,3-39H2,1-2H3,(H,43,44). The summed E-state index contributed by atoms with van der Waals surface area (Å²) in [5.74, 6) is -0.741. The minimum atomic E-state index is -0.718. The van der Waals surface area contributed by atoms with Crippen molar-refractivity contribution in [1.29, 1.82) is 0 Å². The fourth-order valence-corrected chi connectivity index (χ4v) is 6.72. The number of carbonyl (C=O) groups is 2. The van der Waals surface area contributed by atoms with Crippen LogP contribution in [0.5, 0.6) is 0 Å². The zero-order valence-electron chi connectivity index (χ0n) is 31.4. The van der Waals surface area contributed by atoms with Crippen molar-refractivity contribution in [1.82, 2.24) is 0 Å². The van der Waals surface area contributed by atoms with Crippen molar-refractivity contribution in [2.75, 3.05) is 0 Å². The third-order valence-electron chi connectivity index (χ3n) is 9.83. The largest absolute Gasteiger partial charge is 0.481 e. The zero-order valence-corrected chi connectivity index (χ0v) is 31.4. The van der Waals surface area contributed by atoms with Gasteiger partial charge in [0, 0.05) is 12.8 Å². The molecule has 0 amide bonds. The highest BCUT2D eigenvalue weighted by Crippen LogP contribution is 2.19. The average molecular weight is 651 g/mol. The van der Waals surface area contributed by atoms with Gasteiger partial charge in [-0.25, -0.2) is 0 Å². The van der Waals surface area contributed by atoms with Gasteiger partial charge in [0.05, 0.1) is 0 Å². The van der Waals surface area contributed by atoms with Gasteiger partial charge in [-0.05, 0) is 38.5 Å². The number of hydrogen-bond donors (Lipinski definition) is 1. The van der Waals surface area contributed by atoms with Gasteiger partial charge in [-0.2, -0.15) is 0 Å². The van der Waals surface area contributed by atoms with Crippen molar-refractivity contribution in [2.24, 2.45) is 0 Å². The molecule has 0 heterocycles. The first-order chi connectivity index (χ1) is 22.6. The highest BCUT2D eigenvalue weighted by molar-refractivity contribution is 5.69. The molecule has 274 valence electrons. The molecule has 0 aromatic rings. The first-order valence-corrected chi connectivity index (χ1v) is 21.0. The van der Waals surface area contributed by atoms with E-state index in [0.29, 0.717) is 12.8 Å². The monoisotopic (exact) mass is 651 g/mol. The first kappa shape index (κ1) is 44.9. The Hall–Kier alpha value is -1.06. The van der Waals surface area contributed by atoms with Gasteiger partial charge in [-0.15, -0.1) is 0 Å². The van der Waals surface area contributed by atoms with Crippen LogP contribution in [0.15, 0.2) is 0 Å². The van der Waals surface area contributed by atoms with E-state index in [1.54, 1.807) is 0 Å². The van der Waals surface area contributed by atoms with Gasteiger partial charge >= 0.3 is 11.9 Å². The van der Waals surface area contributed by atoms with E-state index in [1.807, 2.05) is 0 Å². The average Bonchev–Trinajstić information content (AvgIpc) is 3.04. The molecule has 1 N–H and O–H groups in total. The summed E-state index contributed by atoms with van der Waals surface area (Å²) in [4.78, 5) is 23.4. The highest BCUT2D eigenvalue weighted by atomic mass is 16.5. The van der Waals surface area contributed by atoms with E-state index in [9.17, 15) is 9.59 Å². The molecular weight excluding hydrogens is 568 g/mol.